The Morgan fingerprint density at radius 3 is 2.70 bits per heavy atom. The average Bonchev–Trinajstić information content (AvgIpc) is 3.25. The lowest BCUT2D eigenvalue weighted by molar-refractivity contribution is -0.119. The van der Waals surface area contributed by atoms with Gasteiger partial charge in [0.05, 0.1) is 24.9 Å². The number of benzene rings is 2. The van der Waals surface area contributed by atoms with Crippen molar-refractivity contribution in [2.24, 2.45) is 0 Å². The summed E-state index contributed by atoms with van der Waals surface area (Å²) in [5.74, 6) is 1.00. The number of esters is 1. The molecule has 4 rings (SSSR count). The highest BCUT2D eigenvalue weighted by atomic mass is 16.6. The Morgan fingerprint density at radius 1 is 1.13 bits per heavy atom. The van der Waals surface area contributed by atoms with Crippen LogP contribution in [-0.2, 0) is 9.53 Å². The van der Waals surface area contributed by atoms with Crippen molar-refractivity contribution in [2.75, 3.05) is 45.4 Å². The maximum Gasteiger partial charge on any atom is 0.339 e. The van der Waals surface area contributed by atoms with Gasteiger partial charge < -0.3 is 19.1 Å². The van der Waals surface area contributed by atoms with Crippen LogP contribution in [0.15, 0.2) is 42.5 Å². The van der Waals surface area contributed by atoms with E-state index in [1.54, 1.807) is 31.3 Å². The first-order valence-electron chi connectivity index (χ1n) is 10.2. The number of nitrogens with zero attached hydrogens (tertiary/aromatic N) is 2. The van der Waals surface area contributed by atoms with Crippen molar-refractivity contribution in [1.82, 2.24) is 4.90 Å². The van der Waals surface area contributed by atoms with E-state index in [1.807, 2.05) is 12.1 Å². The summed E-state index contributed by atoms with van der Waals surface area (Å²) < 4.78 is 16.2. The van der Waals surface area contributed by atoms with Crippen LogP contribution in [0.2, 0.25) is 0 Å². The minimum atomic E-state index is -0.458. The molecule has 2 aliphatic heterocycles. The highest BCUT2D eigenvalue weighted by Gasteiger charge is 2.30. The van der Waals surface area contributed by atoms with Crippen LogP contribution in [-0.4, -0.2) is 57.2 Å². The van der Waals surface area contributed by atoms with Gasteiger partial charge in [-0.3, -0.25) is 9.69 Å². The van der Waals surface area contributed by atoms with Crippen molar-refractivity contribution in [2.45, 2.75) is 18.9 Å². The van der Waals surface area contributed by atoms with E-state index < -0.39 is 5.97 Å². The first-order chi connectivity index (χ1) is 14.6. The first kappa shape index (κ1) is 20.2. The maximum atomic E-state index is 13.1. The zero-order valence-corrected chi connectivity index (χ0v) is 17.3. The number of hydrogen-bond donors (Lipinski definition) is 0. The van der Waals surface area contributed by atoms with E-state index in [0.717, 1.165) is 36.4 Å². The Morgan fingerprint density at radius 2 is 1.90 bits per heavy atom. The molecule has 158 valence electrons. The second-order valence-corrected chi connectivity index (χ2v) is 7.49. The molecule has 1 amide bonds. The quantitative estimate of drug-likeness (QED) is 0.706. The third kappa shape index (κ3) is 3.98. The standard InChI is InChI=1S/C23H26N2O5/c1-24(19-7-4-3-6-17(19)23(27)28-2)22(26)15-25-11-5-8-18(25)16-9-10-20-21(14-16)30-13-12-29-20/h3-4,6-7,9-10,14,18H,5,8,11-13,15H2,1-2H3. The van der Waals surface area contributed by atoms with Crippen molar-refractivity contribution in [3.8, 4) is 11.5 Å². The van der Waals surface area contributed by atoms with E-state index in [0.29, 0.717) is 24.5 Å². The number of carbonyl (C=O) groups excluding carboxylic acids is 2. The van der Waals surface area contributed by atoms with Crippen molar-refractivity contribution in [3.05, 3.63) is 53.6 Å². The fraction of sp³-hybridized carbons (Fsp3) is 0.391. The molecule has 1 fully saturated rings. The summed E-state index contributed by atoms with van der Waals surface area (Å²) in [6, 6.07) is 13.2. The van der Waals surface area contributed by atoms with Gasteiger partial charge in [0.2, 0.25) is 5.91 Å². The molecule has 2 aromatic carbocycles. The van der Waals surface area contributed by atoms with Crippen LogP contribution in [0.5, 0.6) is 11.5 Å². The molecule has 2 aromatic rings. The molecule has 0 radical (unpaired) electrons. The molecule has 30 heavy (non-hydrogen) atoms. The van der Waals surface area contributed by atoms with Crippen LogP contribution >= 0.6 is 0 Å². The number of methoxy groups -OCH3 is 1. The first-order valence-corrected chi connectivity index (χ1v) is 10.2. The molecule has 0 N–H and O–H groups in total. The largest absolute Gasteiger partial charge is 0.486 e. The van der Waals surface area contributed by atoms with Crippen LogP contribution in [0, 0.1) is 0 Å². The monoisotopic (exact) mass is 410 g/mol. The fourth-order valence-electron chi connectivity index (χ4n) is 4.12. The zero-order valence-electron chi connectivity index (χ0n) is 17.3. The Hall–Kier alpha value is -3.06. The summed E-state index contributed by atoms with van der Waals surface area (Å²) in [4.78, 5) is 28.8. The third-order valence-electron chi connectivity index (χ3n) is 5.70. The summed E-state index contributed by atoms with van der Waals surface area (Å²) in [6.45, 7) is 2.23. The molecule has 1 saturated heterocycles. The number of rotatable bonds is 5. The van der Waals surface area contributed by atoms with Gasteiger partial charge >= 0.3 is 5.97 Å². The van der Waals surface area contributed by atoms with Crippen LogP contribution < -0.4 is 14.4 Å². The molecule has 0 bridgehead atoms. The Balaban J connectivity index is 1.50. The van der Waals surface area contributed by atoms with Gasteiger partial charge in [0.25, 0.3) is 0 Å². The molecular weight excluding hydrogens is 384 g/mol. The molecule has 0 aliphatic carbocycles. The van der Waals surface area contributed by atoms with Gasteiger partial charge in [0.15, 0.2) is 11.5 Å². The highest BCUT2D eigenvalue weighted by Crippen LogP contribution is 2.38. The summed E-state index contributed by atoms with van der Waals surface area (Å²) in [5, 5.41) is 0. The highest BCUT2D eigenvalue weighted by molar-refractivity contribution is 6.02. The molecule has 0 aromatic heterocycles. The Kier molecular flexibility index (Phi) is 5.90. The van der Waals surface area contributed by atoms with E-state index in [4.69, 9.17) is 14.2 Å². The fourth-order valence-corrected chi connectivity index (χ4v) is 4.12. The Bertz CT molecular complexity index is 945. The van der Waals surface area contributed by atoms with E-state index >= 15 is 0 Å². The number of likely N-dealkylation sites (tertiary alicyclic amines) is 1. The summed E-state index contributed by atoms with van der Waals surface area (Å²) in [5.41, 5.74) is 2.05. The van der Waals surface area contributed by atoms with E-state index in [-0.39, 0.29) is 18.5 Å². The number of amides is 1. The molecule has 1 atom stereocenters. The number of fused-ring (bicyclic) bond motifs is 1. The van der Waals surface area contributed by atoms with Gasteiger partial charge in [-0.25, -0.2) is 4.79 Å². The lowest BCUT2D eigenvalue weighted by atomic mass is 10.0. The van der Waals surface area contributed by atoms with Gasteiger partial charge in [-0.05, 0) is 49.2 Å². The lowest BCUT2D eigenvalue weighted by Gasteiger charge is -2.28. The number of hydrogen-bond acceptors (Lipinski definition) is 6. The molecule has 2 aliphatic rings. The summed E-state index contributed by atoms with van der Waals surface area (Å²) in [6.07, 6.45) is 2.00. The molecular formula is C23H26N2O5. The van der Waals surface area contributed by atoms with Crippen molar-refractivity contribution >= 4 is 17.6 Å². The molecule has 7 nitrogen and oxygen atoms in total. The SMILES string of the molecule is COC(=O)c1ccccc1N(C)C(=O)CN1CCCC1c1ccc2c(c1)OCCO2. The van der Waals surface area contributed by atoms with Crippen molar-refractivity contribution in [3.63, 3.8) is 0 Å². The summed E-state index contributed by atoms with van der Waals surface area (Å²) >= 11 is 0. The van der Waals surface area contributed by atoms with Crippen LogP contribution in [0.3, 0.4) is 0 Å². The number of likely N-dealkylation sites (N-methyl/N-ethyl adjacent to an activating group) is 1. The van der Waals surface area contributed by atoms with E-state index in [9.17, 15) is 9.59 Å². The minimum absolute atomic E-state index is 0.0733. The number of ether oxygens (including phenoxy) is 3. The topological polar surface area (TPSA) is 68.3 Å². The minimum Gasteiger partial charge on any atom is -0.486 e. The van der Waals surface area contributed by atoms with E-state index in [1.165, 1.54) is 12.0 Å². The maximum absolute atomic E-state index is 13.1. The Labute approximate surface area is 176 Å². The van der Waals surface area contributed by atoms with Crippen LogP contribution in [0.1, 0.15) is 34.8 Å². The zero-order chi connectivity index (χ0) is 21.1. The smallest absolute Gasteiger partial charge is 0.339 e. The van der Waals surface area contributed by atoms with Gasteiger partial charge in [0, 0.05) is 13.1 Å². The normalized spacial score (nSPS) is 18.1. The number of carbonyl (C=O) groups is 2. The van der Waals surface area contributed by atoms with Crippen LogP contribution in [0.25, 0.3) is 0 Å². The second-order valence-electron chi connectivity index (χ2n) is 7.49. The van der Waals surface area contributed by atoms with Crippen molar-refractivity contribution in [1.29, 1.82) is 0 Å². The second kappa shape index (κ2) is 8.75. The molecule has 7 heteroatoms. The molecule has 0 spiro atoms. The van der Waals surface area contributed by atoms with Gasteiger partial charge in [-0.1, -0.05) is 18.2 Å². The van der Waals surface area contributed by atoms with Gasteiger partial charge in [-0.15, -0.1) is 0 Å². The molecule has 2 heterocycles. The van der Waals surface area contributed by atoms with Gasteiger partial charge in [-0.2, -0.15) is 0 Å². The lowest BCUT2D eigenvalue weighted by Crippen LogP contribution is -2.38. The van der Waals surface area contributed by atoms with Crippen molar-refractivity contribution < 1.29 is 23.8 Å². The third-order valence-corrected chi connectivity index (χ3v) is 5.70. The number of para-hydroxylation sites is 1. The van der Waals surface area contributed by atoms with E-state index in [2.05, 4.69) is 11.0 Å². The predicted molar refractivity (Wildman–Crippen MR) is 112 cm³/mol. The predicted octanol–water partition coefficient (Wildman–Crippen LogP) is 3.04. The molecule has 1 unspecified atom stereocenters. The summed E-state index contributed by atoms with van der Waals surface area (Å²) in [7, 11) is 3.03. The van der Waals surface area contributed by atoms with Gasteiger partial charge in [0.1, 0.15) is 13.2 Å². The molecule has 0 saturated carbocycles. The number of anilines is 1. The average molecular weight is 410 g/mol. The van der Waals surface area contributed by atoms with Crippen LogP contribution in [0.4, 0.5) is 5.69 Å².